The third-order valence-corrected chi connectivity index (χ3v) is 5.25. The Bertz CT molecular complexity index is 1180. The summed E-state index contributed by atoms with van der Waals surface area (Å²) in [5.41, 5.74) is 0.541. The summed E-state index contributed by atoms with van der Waals surface area (Å²) in [4.78, 5) is 28.3. The summed E-state index contributed by atoms with van der Waals surface area (Å²) in [6.07, 6.45) is -5.26. The van der Waals surface area contributed by atoms with Crippen molar-refractivity contribution in [3.8, 4) is 22.6 Å². The number of pyridine rings is 1. The predicted octanol–water partition coefficient (Wildman–Crippen LogP) is 5.79. The van der Waals surface area contributed by atoms with E-state index in [0.29, 0.717) is 10.9 Å². The summed E-state index contributed by atoms with van der Waals surface area (Å²) in [6.45, 7) is 1.82. The lowest BCUT2D eigenvalue weighted by Gasteiger charge is -2.14. The van der Waals surface area contributed by atoms with E-state index in [4.69, 9.17) is 4.74 Å². The van der Waals surface area contributed by atoms with Gasteiger partial charge in [-0.15, -0.1) is 13.2 Å². The van der Waals surface area contributed by atoms with E-state index in [9.17, 15) is 27.9 Å². The zero-order chi connectivity index (χ0) is 23.5. The number of carbonyl (C=O) groups is 2. The highest BCUT2D eigenvalue weighted by atomic mass is 79.9. The molecule has 1 heterocycles. The van der Waals surface area contributed by atoms with Crippen molar-refractivity contribution in [2.45, 2.75) is 26.1 Å². The molecule has 2 aromatic carbocycles. The summed E-state index contributed by atoms with van der Waals surface area (Å²) in [7, 11) is 0. The summed E-state index contributed by atoms with van der Waals surface area (Å²) in [5, 5.41) is 10.8. The standard InChI is InChI=1S/C22H17BrF3NO5/c1-2-31-18(29)10-9-16(28)20-21(30)19(23)14-8-7-12(11-15(14)27-20)13-5-3-4-6-17(13)32-22(24,25)26/h3-8,11,30H,2,9-10H2,1H3. The molecule has 0 aliphatic carbocycles. The number of alkyl halides is 3. The summed E-state index contributed by atoms with van der Waals surface area (Å²) >= 11 is 3.23. The summed E-state index contributed by atoms with van der Waals surface area (Å²) in [6, 6.07) is 10.2. The number of hydrogen-bond donors (Lipinski definition) is 1. The monoisotopic (exact) mass is 511 g/mol. The topological polar surface area (TPSA) is 85.7 Å². The van der Waals surface area contributed by atoms with Gasteiger partial charge in [-0.05, 0) is 40.5 Å². The fraction of sp³-hybridized carbons (Fsp3) is 0.227. The second-order valence-electron chi connectivity index (χ2n) is 6.63. The van der Waals surface area contributed by atoms with Crippen LogP contribution in [-0.2, 0) is 9.53 Å². The number of para-hydroxylation sites is 1. The smallest absolute Gasteiger partial charge is 0.504 e. The van der Waals surface area contributed by atoms with Crippen molar-refractivity contribution in [1.82, 2.24) is 4.98 Å². The fourth-order valence-electron chi connectivity index (χ4n) is 3.06. The Morgan fingerprint density at radius 3 is 2.53 bits per heavy atom. The lowest BCUT2D eigenvalue weighted by molar-refractivity contribution is -0.274. The molecule has 32 heavy (non-hydrogen) atoms. The lowest BCUT2D eigenvalue weighted by Crippen LogP contribution is -2.17. The second-order valence-corrected chi connectivity index (χ2v) is 7.42. The molecule has 1 aromatic heterocycles. The van der Waals surface area contributed by atoms with E-state index in [1.807, 2.05) is 0 Å². The predicted molar refractivity (Wildman–Crippen MR) is 113 cm³/mol. The van der Waals surface area contributed by atoms with Crippen molar-refractivity contribution in [1.29, 1.82) is 0 Å². The number of benzene rings is 2. The zero-order valence-electron chi connectivity index (χ0n) is 16.7. The molecule has 0 saturated carbocycles. The first kappa shape index (κ1) is 23.5. The number of esters is 1. The highest BCUT2D eigenvalue weighted by molar-refractivity contribution is 9.10. The molecule has 0 fully saturated rings. The van der Waals surface area contributed by atoms with Crippen molar-refractivity contribution >= 4 is 38.6 Å². The number of aromatic hydroxyl groups is 1. The average molecular weight is 512 g/mol. The molecule has 0 spiro atoms. The third-order valence-electron chi connectivity index (χ3n) is 4.45. The van der Waals surface area contributed by atoms with Crippen LogP contribution in [0.15, 0.2) is 46.9 Å². The molecule has 3 rings (SSSR count). The van der Waals surface area contributed by atoms with Crippen LogP contribution in [-0.4, -0.2) is 34.8 Å². The summed E-state index contributed by atoms with van der Waals surface area (Å²) < 4.78 is 47.4. The Balaban J connectivity index is 2.01. The third kappa shape index (κ3) is 5.37. The lowest BCUT2D eigenvalue weighted by atomic mass is 10.0. The zero-order valence-corrected chi connectivity index (χ0v) is 18.3. The van der Waals surface area contributed by atoms with Gasteiger partial charge in [-0.3, -0.25) is 9.59 Å². The Labute approximate surface area is 189 Å². The number of hydrogen-bond acceptors (Lipinski definition) is 6. The Hall–Kier alpha value is -3.14. The Morgan fingerprint density at radius 1 is 1.12 bits per heavy atom. The number of halogens is 4. The van der Waals surface area contributed by atoms with Crippen LogP contribution in [0.5, 0.6) is 11.5 Å². The second kappa shape index (κ2) is 9.56. The molecule has 0 radical (unpaired) electrons. The van der Waals surface area contributed by atoms with Gasteiger partial charge < -0.3 is 14.6 Å². The van der Waals surface area contributed by atoms with Gasteiger partial charge in [-0.2, -0.15) is 0 Å². The van der Waals surface area contributed by atoms with Gasteiger partial charge in [0.25, 0.3) is 0 Å². The number of carbonyl (C=O) groups excluding carboxylic acids is 2. The maximum atomic E-state index is 12.8. The van der Waals surface area contributed by atoms with Crippen LogP contribution in [0.2, 0.25) is 0 Å². The number of rotatable bonds is 7. The molecule has 6 nitrogen and oxygen atoms in total. The molecular weight excluding hydrogens is 495 g/mol. The first-order valence-electron chi connectivity index (χ1n) is 9.47. The molecule has 0 unspecified atom stereocenters. The number of ketones is 1. The first-order chi connectivity index (χ1) is 15.1. The minimum Gasteiger partial charge on any atom is -0.504 e. The van der Waals surface area contributed by atoms with Gasteiger partial charge in [-0.25, -0.2) is 4.98 Å². The van der Waals surface area contributed by atoms with Gasteiger partial charge in [0.05, 0.1) is 23.0 Å². The number of fused-ring (bicyclic) bond motifs is 1. The Kier molecular flexibility index (Phi) is 7.02. The van der Waals surface area contributed by atoms with Crippen LogP contribution in [0.4, 0.5) is 13.2 Å². The van der Waals surface area contributed by atoms with Crippen LogP contribution < -0.4 is 4.74 Å². The average Bonchev–Trinajstić information content (AvgIpc) is 2.73. The van der Waals surface area contributed by atoms with Gasteiger partial charge in [0.2, 0.25) is 0 Å². The molecule has 0 atom stereocenters. The first-order valence-corrected chi connectivity index (χ1v) is 10.3. The van der Waals surface area contributed by atoms with E-state index < -0.39 is 18.1 Å². The van der Waals surface area contributed by atoms with E-state index >= 15 is 0 Å². The molecule has 0 amide bonds. The van der Waals surface area contributed by atoms with E-state index in [-0.39, 0.29) is 52.2 Å². The SMILES string of the molecule is CCOC(=O)CCC(=O)c1nc2cc(-c3ccccc3OC(F)(F)F)ccc2c(Br)c1O. The van der Waals surface area contributed by atoms with Crippen molar-refractivity contribution in [2.75, 3.05) is 6.61 Å². The van der Waals surface area contributed by atoms with Crippen LogP contribution in [0, 0.1) is 0 Å². The fourth-order valence-corrected chi connectivity index (χ4v) is 3.59. The van der Waals surface area contributed by atoms with E-state index in [0.717, 1.165) is 0 Å². The van der Waals surface area contributed by atoms with Crippen molar-refractivity contribution in [2.24, 2.45) is 0 Å². The van der Waals surface area contributed by atoms with E-state index in [1.54, 1.807) is 25.1 Å². The molecule has 168 valence electrons. The van der Waals surface area contributed by atoms with Crippen molar-refractivity contribution in [3.63, 3.8) is 0 Å². The van der Waals surface area contributed by atoms with E-state index in [2.05, 4.69) is 25.7 Å². The maximum Gasteiger partial charge on any atom is 0.573 e. The quantitative estimate of drug-likeness (QED) is 0.319. The van der Waals surface area contributed by atoms with Crippen molar-refractivity contribution < 1.29 is 37.3 Å². The van der Waals surface area contributed by atoms with Gasteiger partial charge >= 0.3 is 12.3 Å². The number of nitrogens with zero attached hydrogens (tertiary/aromatic N) is 1. The molecular formula is C22H17BrF3NO5. The van der Waals surface area contributed by atoms with Crippen molar-refractivity contribution in [3.05, 3.63) is 52.6 Å². The minimum absolute atomic E-state index is 0.174. The highest BCUT2D eigenvalue weighted by Crippen LogP contribution is 2.38. The van der Waals surface area contributed by atoms with Gasteiger partial charge in [0.15, 0.2) is 11.5 Å². The van der Waals surface area contributed by atoms with Gasteiger partial charge in [-0.1, -0.05) is 30.3 Å². The molecule has 0 bridgehead atoms. The highest BCUT2D eigenvalue weighted by Gasteiger charge is 2.32. The number of Topliss-reactive ketones (excluding diaryl/α,β-unsaturated/α-hetero) is 1. The van der Waals surface area contributed by atoms with Gasteiger partial charge in [0.1, 0.15) is 11.4 Å². The van der Waals surface area contributed by atoms with Crippen LogP contribution in [0.1, 0.15) is 30.3 Å². The number of aromatic nitrogens is 1. The Morgan fingerprint density at radius 2 is 1.84 bits per heavy atom. The maximum absolute atomic E-state index is 12.8. The molecule has 0 aliphatic heterocycles. The normalized spacial score (nSPS) is 11.4. The van der Waals surface area contributed by atoms with Crippen LogP contribution >= 0.6 is 15.9 Å². The molecule has 3 aromatic rings. The molecule has 0 aliphatic rings. The molecule has 10 heteroatoms. The minimum atomic E-state index is -4.86. The number of ether oxygens (including phenoxy) is 2. The van der Waals surface area contributed by atoms with Gasteiger partial charge in [0, 0.05) is 17.4 Å². The molecule has 1 N–H and O–H groups in total. The summed E-state index contributed by atoms with van der Waals surface area (Å²) in [5.74, 6) is -1.91. The largest absolute Gasteiger partial charge is 0.573 e. The van der Waals surface area contributed by atoms with Crippen LogP contribution in [0.3, 0.4) is 0 Å². The van der Waals surface area contributed by atoms with E-state index in [1.165, 1.54) is 24.3 Å². The molecule has 0 saturated heterocycles. The van der Waals surface area contributed by atoms with Crippen LogP contribution in [0.25, 0.3) is 22.0 Å².